The number of fused-ring (bicyclic) bond motifs is 3. The van der Waals surface area contributed by atoms with E-state index in [9.17, 15) is 30.3 Å². The Kier molecular flexibility index (Phi) is 7.52. The summed E-state index contributed by atoms with van der Waals surface area (Å²) in [5, 5.41) is 53.0. The largest absolute Gasteiger partial charge is 0.485 e. The van der Waals surface area contributed by atoms with Crippen LogP contribution in [-0.4, -0.2) is 83.9 Å². The first-order chi connectivity index (χ1) is 18.9. The van der Waals surface area contributed by atoms with E-state index < -0.39 is 48.8 Å². The van der Waals surface area contributed by atoms with E-state index in [1.54, 1.807) is 62.0 Å². The van der Waals surface area contributed by atoms with Crippen LogP contribution in [0.3, 0.4) is 0 Å². The highest BCUT2D eigenvalue weighted by Crippen LogP contribution is 2.37. The zero-order valence-electron chi connectivity index (χ0n) is 22.4. The van der Waals surface area contributed by atoms with Gasteiger partial charge in [0.2, 0.25) is 0 Å². The maximum Gasteiger partial charge on any atom is 0.192 e. The fourth-order valence-corrected chi connectivity index (χ4v) is 5.12. The van der Waals surface area contributed by atoms with Crippen molar-refractivity contribution in [1.82, 2.24) is 9.55 Å². The third-order valence-corrected chi connectivity index (χ3v) is 7.55. The molecule has 1 aliphatic heterocycles. The summed E-state index contributed by atoms with van der Waals surface area (Å²) in [6.45, 7) is 3.55. The van der Waals surface area contributed by atoms with Crippen LogP contribution in [0.1, 0.15) is 25.2 Å². The molecule has 0 aliphatic carbocycles. The molecule has 1 aliphatic rings. The van der Waals surface area contributed by atoms with Crippen LogP contribution in [0.15, 0.2) is 51.9 Å². The van der Waals surface area contributed by atoms with Gasteiger partial charge in [-0.3, -0.25) is 4.79 Å². The van der Waals surface area contributed by atoms with E-state index in [4.69, 9.17) is 18.9 Å². The average Bonchev–Trinajstić information content (AvgIpc) is 3.52. The van der Waals surface area contributed by atoms with Gasteiger partial charge in [0, 0.05) is 30.9 Å². The number of nitrogens with one attached hydrogen (secondary N) is 1. The smallest absolute Gasteiger partial charge is 0.192 e. The van der Waals surface area contributed by atoms with E-state index in [-0.39, 0.29) is 12.0 Å². The number of rotatable bonds is 10. The van der Waals surface area contributed by atoms with Crippen molar-refractivity contribution in [3.05, 3.63) is 64.3 Å². The lowest BCUT2D eigenvalue weighted by Crippen LogP contribution is -2.61. The van der Waals surface area contributed by atoms with Crippen LogP contribution in [0.25, 0.3) is 22.0 Å². The minimum absolute atomic E-state index is 0.175. The normalized spacial score (nSPS) is 20.6. The van der Waals surface area contributed by atoms with Crippen LogP contribution < -0.4 is 10.2 Å². The second-order valence-corrected chi connectivity index (χ2v) is 10.9. The highest BCUT2D eigenvalue weighted by Gasteiger charge is 2.47. The van der Waals surface area contributed by atoms with Crippen molar-refractivity contribution >= 4 is 22.0 Å². The molecule has 6 N–H and O–H groups in total. The van der Waals surface area contributed by atoms with Crippen LogP contribution >= 0.6 is 0 Å². The summed E-state index contributed by atoms with van der Waals surface area (Å²) < 4.78 is 13.4. The second kappa shape index (κ2) is 10.6. The molecule has 5 atom stereocenters. The Bertz CT molecular complexity index is 1560. The Morgan fingerprint density at radius 1 is 1.23 bits per heavy atom. The predicted octanol–water partition coefficient (Wildman–Crippen LogP) is 0.921. The van der Waals surface area contributed by atoms with Crippen LogP contribution in [0.5, 0.6) is 5.75 Å². The number of benzene rings is 1. The molecule has 0 saturated heterocycles. The Labute approximate surface area is 228 Å². The molecule has 4 aromatic rings. The zero-order valence-corrected chi connectivity index (χ0v) is 22.4. The van der Waals surface area contributed by atoms with Crippen molar-refractivity contribution in [2.45, 2.75) is 69.4 Å². The number of aliphatic hydroxyl groups excluding tert-OH is 4. The zero-order chi connectivity index (χ0) is 28.8. The molecule has 0 amide bonds. The highest BCUT2D eigenvalue weighted by molar-refractivity contribution is 5.80. The molecular weight excluding hydrogens is 524 g/mol. The van der Waals surface area contributed by atoms with E-state index >= 15 is 0 Å². The molecule has 12 heteroatoms. The van der Waals surface area contributed by atoms with Crippen LogP contribution in [0.4, 0.5) is 0 Å². The summed E-state index contributed by atoms with van der Waals surface area (Å²) >= 11 is 0. The summed E-state index contributed by atoms with van der Waals surface area (Å²) in [4.78, 5) is 26.5. The van der Waals surface area contributed by atoms with Crippen molar-refractivity contribution in [2.75, 3.05) is 13.2 Å². The Balaban J connectivity index is 1.32. The third-order valence-electron chi connectivity index (χ3n) is 7.55. The molecule has 3 aromatic heterocycles. The summed E-state index contributed by atoms with van der Waals surface area (Å²) in [5.41, 5.74) is -0.793. The van der Waals surface area contributed by atoms with E-state index in [1.165, 1.54) is 6.07 Å². The summed E-state index contributed by atoms with van der Waals surface area (Å²) in [7, 11) is 0. The van der Waals surface area contributed by atoms with Gasteiger partial charge in [0.15, 0.2) is 5.43 Å². The van der Waals surface area contributed by atoms with Gasteiger partial charge < -0.3 is 44.2 Å². The maximum atomic E-state index is 12.5. The number of aryl methyl sites for hydroxylation is 1. The van der Waals surface area contributed by atoms with Crippen molar-refractivity contribution in [2.24, 2.45) is 0 Å². The molecule has 0 fully saturated rings. The first-order valence-corrected chi connectivity index (χ1v) is 13.0. The summed E-state index contributed by atoms with van der Waals surface area (Å²) in [6, 6.07) is 8.31. The van der Waals surface area contributed by atoms with Gasteiger partial charge in [-0.2, -0.15) is 0 Å². The van der Waals surface area contributed by atoms with Gasteiger partial charge in [0.25, 0.3) is 0 Å². The second-order valence-electron chi connectivity index (χ2n) is 10.9. The van der Waals surface area contributed by atoms with Crippen molar-refractivity contribution < 1.29 is 44.5 Å². The van der Waals surface area contributed by atoms with E-state index in [0.29, 0.717) is 40.0 Å². The SMILES string of the molecule is Cc1cc(=O)c2cc3c(cc2o1)OC(C)(C)C(OOCC(O)C(O)(Cn1ccc2[nH]ccc21)C(O)C(O)CO)C3. The number of hydrogen-bond acceptors (Lipinski definition) is 10. The topological polar surface area (TPSA) is 180 Å². The molecule has 216 valence electrons. The predicted molar refractivity (Wildman–Crippen MR) is 143 cm³/mol. The quantitative estimate of drug-likeness (QED) is 0.121. The third kappa shape index (κ3) is 5.15. The molecule has 4 heterocycles. The molecule has 5 rings (SSSR count). The molecule has 0 bridgehead atoms. The van der Waals surface area contributed by atoms with E-state index in [0.717, 1.165) is 5.52 Å². The lowest BCUT2D eigenvalue weighted by atomic mass is 9.87. The maximum absolute atomic E-state index is 12.5. The Morgan fingerprint density at radius 2 is 2.00 bits per heavy atom. The minimum atomic E-state index is -2.33. The number of aromatic nitrogens is 2. The van der Waals surface area contributed by atoms with Gasteiger partial charge in [-0.15, -0.1) is 0 Å². The van der Waals surface area contributed by atoms with Gasteiger partial charge in [-0.25, -0.2) is 9.78 Å². The molecule has 0 saturated carbocycles. The Morgan fingerprint density at radius 3 is 2.75 bits per heavy atom. The van der Waals surface area contributed by atoms with Crippen LogP contribution in [0.2, 0.25) is 0 Å². The number of aromatic amines is 1. The molecule has 1 aromatic carbocycles. The van der Waals surface area contributed by atoms with Gasteiger partial charge in [-0.1, -0.05) is 0 Å². The van der Waals surface area contributed by atoms with Gasteiger partial charge in [0.1, 0.15) is 59.3 Å². The number of ether oxygens (including phenoxy) is 1. The molecular formula is C28H34N2O10. The monoisotopic (exact) mass is 558 g/mol. The lowest BCUT2D eigenvalue weighted by molar-refractivity contribution is -0.363. The van der Waals surface area contributed by atoms with Gasteiger partial charge >= 0.3 is 0 Å². The Hall–Kier alpha value is -3.23. The fourth-order valence-electron chi connectivity index (χ4n) is 5.12. The van der Waals surface area contributed by atoms with E-state index in [1.807, 2.05) is 0 Å². The molecule has 0 spiro atoms. The van der Waals surface area contributed by atoms with Crippen molar-refractivity contribution in [3.63, 3.8) is 0 Å². The van der Waals surface area contributed by atoms with Crippen molar-refractivity contribution in [1.29, 1.82) is 0 Å². The number of hydrogen-bond donors (Lipinski definition) is 6. The number of H-pyrrole nitrogens is 1. The fraction of sp³-hybridized carbons (Fsp3) is 0.464. The number of nitrogens with zero attached hydrogens (tertiary/aromatic N) is 1. The molecule has 12 nitrogen and oxygen atoms in total. The van der Waals surface area contributed by atoms with Gasteiger partial charge in [0.05, 0.1) is 29.6 Å². The standard InChI is InChI=1S/C28H34N2O10/c1-15-8-20(32)17-9-16-10-25(27(2,3)39-22(16)11-23(17)38-15)40-37-13-24(34)28(36,26(35)21(33)12-31)14-30-7-5-18-19(30)4-6-29-18/h4-9,11,21,24-26,29,31,33-36H,10,12-14H2,1-3H3. The first kappa shape index (κ1) is 28.3. The van der Waals surface area contributed by atoms with Gasteiger partial charge in [-0.05, 0) is 44.5 Å². The highest BCUT2D eigenvalue weighted by atomic mass is 17.2. The van der Waals surface area contributed by atoms with Crippen LogP contribution in [0, 0.1) is 6.92 Å². The lowest BCUT2D eigenvalue weighted by Gasteiger charge is -2.40. The van der Waals surface area contributed by atoms with E-state index in [2.05, 4.69) is 4.98 Å². The minimum Gasteiger partial charge on any atom is -0.485 e. The van der Waals surface area contributed by atoms with Crippen LogP contribution in [-0.2, 0) is 22.7 Å². The average molecular weight is 559 g/mol. The molecule has 40 heavy (non-hydrogen) atoms. The summed E-state index contributed by atoms with van der Waals surface area (Å²) in [6.07, 6.45) is -2.39. The summed E-state index contributed by atoms with van der Waals surface area (Å²) in [5.74, 6) is 1.04. The molecule has 5 unspecified atom stereocenters. The molecule has 0 radical (unpaired) electrons. The number of aliphatic hydroxyl groups is 5. The first-order valence-electron chi connectivity index (χ1n) is 13.0. The van der Waals surface area contributed by atoms with Crippen molar-refractivity contribution in [3.8, 4) is 5.75 Å².